The van der Waals surface area contributed by atoms with E-state index in [0.29, 0.717) is 21.6 Å². The lowest BCUT2D eigenvalue weighted by atomic mass is 9.83. The molecule has 0 unspecified atom stereocenters. The van der Waals surface area contributed by atoms with Crippen LogP contribution in [-0.4, -0.2) is 33.5 Å². The topological polar surface area (TPSA) is 77.0 Å². The van der Waals surface area contributed by atoms with Crippen LogP contribution in [0.5, 0.6) is 0 Å². The van der Waals surface area contributed by atoms with Crippen LogP contribution in [0, 0.1) is 0 Å². The number of nitrogens with two attached hydrogens (primary N) is 1. The van der Waals surface area contributed by atoms with Crippen molar-refractivity contribution in [1.29, 1.82) is 0 Å². The number of rotatable bonds is 5. The summed E-state index contributed by atoms with van der Waals surface area (Å²) in [7, 11) is 1.99. The summed E-state index contributed by atoms with van der Waals surface area (Å²) in [5, 5.41) is 9.26. The molecule has 0 spiro atoms. The van der Waals surface area contributed by atoms with Gasteiger partial charge in [-0.05, 0) is 23.8 Å². The van der Waals surface area contributed by atoms with E-state index in [9.17, 15) is 4.79 Å². The van der Waals surface area contributed by atoms with Gasteiger partial charge < -0.3 is 10.7 Å². The Hall–Kier alpha value is -2.77. The Morgan fingerprint density at radius 1 is 1.17 bits per heavy atom. The minimum Gasteiger partial charge on any atom is -0.347 e. The summed E-state index contributed by atoms with van der Waals surface area (Å²) >= 11 is 7.49. The minimum absolute atomic E-state index is 0.00924. The summed E-state index contributed by atoms with van der Waals surface area (Å²) in [6.45, 7) is 4.27. The molecule has 2 aromatic carbocycles. The number of carbonyl (C=O) groups excluding carboxylic acids is 1. The van der Waals surface area contributed by atoms with Crippen molar-refractivity contribution in [2.24, 2.45) is 0 Å². The number of fused-ring (bicyclic) bond motifs is 1. The number of para-hydroxylation sites is 1. The summed E-state index contributed by atoms with van der Waals surface area (Å²) in [5.41, 5.74) is 3.77. The maximum Gasteiger partial charge on any atom is 0.210 e. The van der Waals surface area contributed by atoms with Crippen LogP contribution in [0.4, 0.5) is 5.69 Å². The summed E-state index contributed by atoms with van der Waals surface area (Å²) < 4.78 is 1.37. The van der Waals surface area contributed by atoms with Gasteiger partial charge in [-0.2, -0.15) is 0 Å². The second-order valence-corrected chi connectivity index (χ2v) is 8.99. The third-order valence-electron chi connectivity index (χ3n) is 5.36. The Bertz CT molecular complexity index is 1150. The number of anilines is 1. The van der Waals surface area contributed by atoms with E-state index in [2.05, 4.69) is 41.1 Å². The number of nitrogens with zero attached hydrogens (tertiary/aromatic N) is 4. The minimum atomic E-state index is -0.239. The van der Waals surface area contributed by atoms with Crippen molar-refractivity contribution in [3.8, 4) is 11.4 Å². The summed E-state index contributed by atoms with van der Waals surface area (Å²) in [6.07, 6.45) is 1.72. The maximum atomic E-state index is 12.8. The molecule has 1 aliphatic heterocycles. The average Bonchev–Trinajstić information content (AvgIpc) is 3.18. The number of nitrogen functional groups attached to an aromatic ring is 1. The first-order valence-electron chi connectivity index (χ1n) is 9.47. The lowest BCUT2D eigenvalue weighted by Gasteiger charge is -2.23. The highest BCUT2D eigenvalue weighted by Crippen LogP contribution is 2.46. The zero-order valence-electron chi connectivity index (χ0n) is 17.0. The molecule has 1 aromatic heterocycles. The highest BCUT2D eigenvalue weighted by atomic mass is 35.5. The van der Waals surface area contributed by atoms with Crippen LogP contribution in [0.2, 0.25) is 5.02 Å². The van der Waals surface area contributed by atoms with Crippen LogP contribution in [0.1, 0.15) is 19.4 Å². The van der Waals surface area contributed by atoms with Crippen molar-refractivity contribution >= 4 is 34.8 Å². The van der Waals surface area contributed by atoms with Gasteiger partial charge in [-0.1, -0.05) is 67.5 Å². The van der Waals surface area contributed by atoms with E-state index < -0.39 is 0 Å². The number of hydrogen-bond donors (Lipinski definition) is 1. The molecule has 0 fully saturated rings. The molecule has 0 aliphatic carbocycles. The monoisotopic (exact) mass is 439 g/mol. The Morgan fingerprint density at radius 3 is 2.60 bits per heavy atom. The molecule has 0 saturated heterocycles. The van der Waals surface area contributed by atoms with Crippen molar-refractivity contribution in [1.82, 2.24) is 14.9 Å². The number of aromatic nitrogens is 3. The van der Waals surface area contributed by atoms with Crippen LogP contribution < -0.4 is 10.7 Å². The fourth-order valence-electron chi connectivity index (χ4n) is 3.79. The van der Waals surface area contributed by atoms with Gasteiger partial charge in [0.05, 0.1) is 10.8 Å². The third-order valence-corrected chi connectivity index (χ3v) is 6.66. The van der Waals surface area contributed by atoms with Gasteiger partial charge in [0.25, 0.3) is 0 Å². The Kier molecular flexibility index (Phi) is 5.34. The number of carbonyl (C=O) groups is 1. The van der Waals surface area contributed by atoms with Crippen LogP contribution in [-0.2, 0) is 10.2 Å². The zero-order chi connectivity index (χ0) is 21.5. The fraction of sp³-hybridized carbons (Fsp3) is 0.227. The van der Waals surface area contributed by atoms with E-state index in [1.807, 2.05) is 37.4 Å². The van der Waals surface area contributed by atoms with Gasteiger partial charge in [0.15, 0.2) is 11.6 Å². The summed E-state index contributed by atoms with van der Waals surface area (Å²) in [6, 6.07) is 15.5. The number of ketones is 1. The maximum absolute atomic E-state index is 12.8. The molecule has 2 heterocycles. The standard InChI is InChI=1S/C22H22ClN5OS/c1-22(2)16-9-5-7-11-18(16)27(3)19(22)12-14(29)13-30-21-26-25-20(28(21)24)15-8-4-6-10-17(15)23/h4-12H,13,24H2,1-3H3/b19-12-. The van der Waals surface area contributed by atoms with Gasteiger partial charge >= 0.3 is 0 Å². The first-order valence-corrected chi connectivity index (χ1v) is 10.8. The van der Waals surface area contributed by atoms with Crippen LogP contribution in [0.3, 0.4) is 0 Å². The van der Waals surface area contributed by atoms with Crippen LogP contribution >= 0.6 is 23.4 Å². The molecule has 0 bridgehead atoms. The number of halogens is 1. The van der Waals surface area contributed by atoms with Gasteiger partial charge in [0.2, 0.25) is 5.16 Å². The Labute approximate surface area is 184 Å². The summed E-state index contributed by atoms with van der Waals surface area (Å²) in [4.78, 5) is 14.8. The predicted molar refractivity (Wildman–Crippen MR) is 122 cm³/mol. The lowest BCUT2D eigenvalue weighted by Crippen LogP contribution is -2.24. The zero-order valence-corrected chi connectivity index (χ0v) is 18.5. The molecule has 154 valence electrons. The van der Waals surface area contributed by atoms with Gasteiger partial charge in [-0.15, -0.1) is 10.2 Å². The van der Waals surface area contributed by atoms with Gasteiger partial charge in [-0.3, -0.25) is 4.79 Å². The smallest absolute Gasteiger partial charge is 0.210 e. The Morgan fingerprint density at radius 2 is 1.87 bits per heavy atom. The molecule has 4 rings (SSSR count). The summed E-state index contributed by atoms with van der Waals surface area (Å²) in [5.74, 6) is 6.81. The highest BCUT2D eigenvalue weighted by molar-refractivity contribution is 7.99. The van der Waals surface area contributed by atoms with E-state index in [-0.39, 0.29) is 17.0 Å². The molecule has 2 N–H and O–H groups in total. The molecular formula is C22H22ClN5OS. The molecule has 1 aliphatic rings. The molecule has 6 nitrogen and oxygen atoms in total. The van der Waals surface area contributed by atoms with Crippen LogP contribution in [0.25, 0.3) is 11.4 Å². The normalized spacial score (nSPS) is 16.1. The first-order chi connectivity index (χ1) is 14.3. The number of hydrogen-bond acceptors (Lipinski definition) is 6. The molecule has 8 heteroatoms. The predicted octanol–water partition coefficient (Wildman–Crippen LogP) is 4.29. The number of allylic oxidation sites excluding steroid dienone is 2. The highest BCUT2D eigenvalue weighted by Gasteiger charge is 2.38. The lowest BCUT2D eigenvalue weighted by molar-refractivity contribution is -0.112. The largest absolute Gasteiger partial charge is 0.347 e. The molecule has 30 heavy (non-hydrogen) atoms. The number of likely N-dealkylation sites (N-methyl/N-ethyl adjacent to an activating group) is 1. The van der Waals surface area contributed by atoms with E-state index in [4.69, 9.17) is 17.4 Å². The van der Waals surface area contributed by atoms with Crippen molar-refractivity contribution in [3.05, 3.63) is 70.9 Å². The first kappa shape index (κ1) is 20.5. The molecule has 3 aromatic rings. The fourth-order valence-corrected chi connectivity index (χ4v) is 4.69. The second kappa shape index (κ2) is 7.81. The molecule has 0 atom stereocenters. The molecular weight excluding hydrogens is 418 g/mol. The van der Waals surface area contributed by atoms with Crippen molar-refractivity contribution < 1.29 is 4.79 Å². The van der Waals surface area contributed by atoms with Gasteiger partial charge in [0.1, 0.15) is 0 Å². The van der Waals surface area contributed by atoms with Gasteiger partial charge in [0, 0.05) is 35.5 Å². The van der Waals surface area contributed by atoms with Gasteiger partial charge in [-0.25, -0.2) is 4.68 Å². The van der Waals surface area contributed by atoms with E-state index in [1.165, 1.54) is 22.0 Å². The molecule has 0 amide bonds. The van der Waals surface area contributed by atoms with Crippen molar-refractivity contribution in [2.45, 2.75) is 24.4 Å². The number of benzene rings is 2. The van der Waals surface area contributed by atoms with Crippen molar-refractivity contribution in [3.63, 3.8) is 0 Å². The van der Waals surface area contributed by atoms with Crippen LogP contribution in [0.15, 0.2) is 65.5 Å². The van der Waals surface area contributed by atoms with E-state index >= 15 is 0 Å². The molecule has 0 saturated carbocycles. The van der Waals surface area contributed by atoms with Crippen molar-refractivity contribution in [2.75, 3.05) is 23.5 Å². The van der Waals surface area contributed by atoms with E-state index in [1.54, 1.807) is 12.1 Å². The Balaban J connectivity index is 1.51. The molecule has 0 radical (unpaired) electrons. The third kappa shape index (κ3) is 3.48. The number of thioether (sulfide) groups is 1. The quantitative estimate of drug-likeness (QED) is 0.363. The second-order valence-electron chi connectivity index (χ2n) is 7.64. The average molecular weight is 440 g/mol. The SMILES string of the molecule is CN1/C(=C\C(=O)CSc2nnc(-c3ccccc3Cl)n2N)C(C)(C)c2ccccc21. The van der Waals surface area contributed by atoms with E-state index in [0.717, 1.165) is 11.4 Å².